The highest BCUT2D eigenvalue weighted by Gasteiger charge is 2.29. The van der Waals surface area contributed by atoms with Gasteiger partial charge in [-0.15, -0.1) is 0 Å². The van der Waals surface area contributed by atoms with E-state index >= 15 is 0 Å². The minimum Gasteiger partial charge on any atom is -0.462 e. The number of carbonyl (C=O) groups is 4. The Hall–Kier alpha value is -1.94. The molecule has 0 aliphatic rings. The van der Waals surface area contributed by atoms with E-state index in [0.29, 0.717) is 19.3 Å². The van der Waals surface area contributed by atoms with Crippen molar-refractivity contribution in [1.29, 1.82) is 0 Å². The van der Waals surface area contributed by atoms with Crippen LogP contribution >= 0.6 is 15.6 Å². The largest absolute Gasteiger partial charge is 0.472 e. The Labute approximate surface area is 352 Å². The molecule has 17 nitrogen and oxygen atoms in total. The molecule has 59 heavy (non-hydrogen) atoms. The van der Waals surface area contributed by atoms with Crippen molar-refractivity contribution < 1.29 is 80.2 Å². The summed E-state index contributed by atoms with van der Waals surface area (Å²) in [5.41, 5.74) is 0. The van der Waals surface area contributed by atoms with Crippen LogP contribution in [0.3, 0.4) is 0 Å². The SMILES string of the molecule is CCCCCCCCCCCCCCC(=O)OC[C@H](COP(=O)(O)OC[C@@H](O)COP(=O)(O)OC[C@@H](COC(=O)CCCCCCCCC)OC(=O)CCCC)OC=O. The first kappa shape index (κ1) is 57.1. The van der Waals surface area contributed by atoms with Gasteiger partial charge in [0.1, 0.15) is 19.3 Å². The number of phosphoric ester groups is 2. The van der Waals surface area contributed by atoms with Crippen LogP contribution in [0.2, 0.25) is 0 Å². The van der Waals surface area contributed by atoms with E-state index in [2.05, 4.69) is 13.8 Å². The van der Waals surface area contributed by atoms with Crippen molar-refractivity contribution in [2.75, 3.05) is 39.6 Å². The van der Waals surface area contributed by atoms with Crippen molar-refractivity contribution in [3.8, 4) is 0 Å². The zero-order chi connectivity index (χ0) is 44.0. The molecule has 3 N–H and O–H groups in total. The molecule has 19 heteroatoms. The highest BCUT2D eigenvalue weighted by Crippen LogP contribution is 2.45. The summed E-state index contributed by atoms with van der Waals surface area (Å²) < 4.78 is 64.5. The maximum atomic E-state index is 12.5. The molecule has 0 saturated heterocycles. The fourth-order valence-electron chi connectivity index (χ4n) is 5.58. The molecule has 0 radical (unpaired) electrons. The van der Waals surface area contributed by atoms with Crippen LogP contribution in [0.15, 0.2) is 0 Å². The number of carbonyl (C=O) groups excluding carboxylic acids is 4. The highest BCUT2D eigenvalue weighted by atomic mass is 31.2. The molecule has 0 heterocycles. The fraction of sp³-hybridized carbons (Fsp3) is 0.900. The van der Waals surface area contributed by atoms with Crippen molar-refractivity contribution in [1.82, 2.24) is 0 Å². The summed E-state index contributed by atoms with van der Waals surface area (Å²) in [6, 6.07) is 0. The Morgan fingerprint density at radius 1 is 0.475 bits per heavy atom. The van der Waals surface area contributed by atoms with E-state index in [4.69, 9.17) is 37.0 Å². The number of phosphoric acid groups is 2. The lowest BCUT2D eigenvalue weighted by Gasteiger charge is -2.21. The number of rotatable bonds is 43. The molecule has 348 valence electrons. The maximum Gasteiger partial charge on any atom is 0.472 e. The lowest BCUT2D eigenvalue weighted by molar-refractivity contribution is -0.161. The first-order valence-electron chi connectivity index (χ1n) is 21.8. The van der Waals surface area contributed by atoms with E-state index in [1.165, 1.54) is 57.8 Å². The molecule has 0 spiro atoms. The summed E-state index contributed by atoms with van der Waals surface area (Å²) in [6.45, 7) is 2.28. The van der Waals surface area contributed by atoms with Crippen LogP contribution < -0.4 is 0 Å². The van der Waals surface area contributed by atoms with Gasteiger partial charge in [0.15, 0.2) is 12.2 Å². The van der Waals surface area contributed by atoms with Crippen LogP contribution in [0, 0.1) is 0 Å². The average Bonchev–Trinajstić information content (AvgIpc) is 3.20. The first-order valence-corrected chi connectivity index (χ1v) is 24.8. The number of hydrogen-bond donors (Lipinski definition) is 3. The van der Waals surface area contributed by atoms with Gasteiger partial charge in [0, 0.05) is 19.3 Å². The number of ether oxygens (including phenoxy) is 4. The van der Waals surface area contributed by atoms with E-state index in [0.717, 1.165) is 57.8 Å². The lowest BCUT2D eigenvalue weighted by Crippen LogP contribution is -2.30. The number of aliphatic hydroxyl groups excluding tert-OH is 1. The van der Waals surface area contributed by atoms with Gasteiger partial charge in [-0.25, -0.2) is 9.13 Å². The average molecular weight is 891 g/mol. The van der Waals surface area contributed by atoms with Gasteiger partial charge < -0.3 is 33.8 Å². The standard InChI is InChI=1S/C40H76O17P2/c1-4-7-10-12-14-15-16-17-18-20-22-24-26-38(43)50-30-36(52-34-41)32-55-58(46,47)53-28-35(42)29-54-59(48,49)56-33-37(57-40(45)25-9-6-3)31-51-39(44)27-23-21-19-13-11-8-5-2/h34-37,42H,4-33H2,1-3H3,(H,46,47)(H,48,49)/t35-,36-,37-/m1/s1. The van der Waals surface area contributed by atoms with E-state index < -0.39 is 91.5 Å². The molecule has 0 amide bonds. The molecule has 0 fully saturated rings. The number of hydrogen-bond acceptors (Lipinski definition) is 15. The van der Waals surface area contributed by atoms with Crippen LogP contribution in [0.1, 0.15) is 175 Å². The van der Waals surface area contributed by atoms with Crippen molar-refractivity contribution in [2.24, 2.45) is 0 Å². The van der Waals surface area contributed by atoms with Gasteiger partial charge in [-0.1, -0.05) is 136 Å². The highest BCUT2D eigenvalue weighted by molar-refractivity contribution is 7.47. The molecule has 0 aliphatic carbocycles. The van der Waals surface area contributed by atoms with E-state index in [9.17, 15) is 43.2 Å². The van der Waals surface area contributed by atoms with E-state index in [-0.39, 0.29) is 25.7 Å². The second kappa shape index (κ2) is 37.8. The van der Waals surface area contributed by atoms with Gasteiger partial charge in [-0.2, -0.15) is 0 Å². The zero-order valence-corrected chi connectivity index (χ0v) is 37.8. The van der Waals surface area contributed by atoms with Gasteiger partial charge in [0.25, 0.3) is 6.47 Å². The predicted octanol–water partition coefficient (Wildman–Crippen LogP) is 8.58. The van der Waals surface area contributed by atoms with E-state index in [1.807, 2.05) is 6.92 Å². The van der Waals surface area contributed by atoms with E-state index in [1.54, 1.807) is 0 Å². The smallest absolute Gasteiger partial charge is 0.462 e. The summed E-state index contributed by atoms with van der Waals surface area (Å²) in [6.07, 6.45) is 18.4. The van der Waals surface area contributed by atoms with Crippen LogP contribution in [0.5, 0.6) is 0 Å². The normalized spacial score (nSPS) is 15.0. The Bertz CT molecular complexity index is 1170. The summed E-state index contributed by atoms with van der Waals surface area (Å²) in [7, 11) is -9.74. The van der Waals surface area contributed by atoms with Crippen molar-refractivity contribution >= 4 is 40.0 Å². The quantitative estimate of drug-likeness (QED) is 0.0171. The third kappa shape index (κ3) is 37.5. The van der Waals surface area contributed by atoms with Gasteiger partial charge in [0.2, 0.25) is 0 Å². The zero-order valence-electron chi connectivity index (χ0n) is 36.0. The van der Waals surface area contributed by atoms with Crippen molar-refractivity contribution in [3.05, 3.63) is 0 Å². The first-order chi connectivity index (χ1) is 28.3. The lowest BCUT2D eigenvalue weighted by atomic mass is 10.0. The van der Waals surface area contributed by atoms with Gasteiger partial charge in [-0.3, -0.25) is 37.3 Å². The number of esters is 3. The fourth-order valence-corrected chi connectivity index (χ4v) is 7.16. The number of aliphatic hydroxyl groups is 1. The molecule has 0 saturated carbocycles. The Morgan fingerprint density at radius 2 is 0.814 bits per heavy atom. The van der Waals surface area contributed by atoms with Crippen molar-refractivity contribution in [3.63, 3.8) is 0 Å². The summed E-state index contributed by atoms with van der Waals surface area (Å²) in [5, 5.41) is 10.2. The second-order valence-corrected chi connectivity index (χ2v) is 17.6. The molecule has 0 aromatic rings. The Kier molecular flexibility index (Phi) is 36.5. The van der Waals surface area contributed by atoms with Gasteiger partial charge in [0.05, 0.1) is 26.4 Å². The van der Waals surface area contributed by atoms with Crippen LogP contribution in [-0.2, 0) is 65.4 Å². The maximum absolute atomic E-state index is 12.5. The predicted molar refractivity (Wildman–Crippen MR) is 220 cm³/mol. The molecule has 0 aromatic carbocycles. The molecule has 0 aliphatic heterocycles. The second-order valence-electron chi connectivity index (χ2n) is 14.7. The molecule has 2 unspecified atom stereocenters. The molecule has 0 bridgehead atoms. The van der Waals surface area contributed by atoms with Crippen LogP contribution in [0.4, 0.5) is 0 Å². The minimum absolute atomic E-state index is 0.0653. The third-order valence-electron chi connectivity index (χ3n) is 9.07. The van der Waals surface area contributed by atoms with Crippen LogP contribution in [-0.4, -0.2) is 97.2 Å². The Morgan fingerprint density at radius 3 is 1.22 bits per heavy atom. The minimum atomic E-state index is -4.88. The van der Waals surface area contributed by atoms with Gasteiger partial charge >= 0.3 is 33.6 Å². The topological polar surface area (TPSA) is 237 Å². The summed E-state index contributed by atoms with van der Waals surface area (Å²) >= 11 is 0. The molecule has 0 aromatic heterocycles. The van der Waals surface area contributed by atoms with Gasteiger partial charge in [-0.05, 0) is 19.3 Å². The van der Waals surface area contributed by atoms with Crippen LogP contribution in [0.25, 0.3) is 0 Å². The molecule has 0 rings (SSSR count). The monoisotopic (exact) mass is 890 g/mol. The number of unbranched alkanes of at least 4 members (excludes halogenated alkanes) is 18. The Balaban J connectivity index is 4.56. The summed E-state index contributed by atoms with van der Waals surface area (Å²) in [5.74, 6) is -1.65. The summed E-state index contributed by atoms with van der Waals surface area (Å²) in [4.78, 5) is 67.7. The molecular formula is C40H76O17P2. The van der Waals surface area contributed by atoms with Crippen molar-refractivity contribution in [2.45, 2.75) is 193 Å². The molecule has 5 atom stereocenters. The third-order valence-corrected chi connectivity index (χ3v) is 11.0. The molecular weight excluding hydrogens is 814 g/mol.